The highest BCUT2D eigenvalue weighted by Gasteiger charge is 2.29. The molecule has 2 rings (SSSR count). The first kappa shape index (κ1) is 19.7. The molecule has 1 N–H and O–H groups in total. The number of ether oxygens (including phenoxy) is 1. The number of carbonyl (C=O) groups is 2. The van der Waals surface area contributed by atoms with E-state index in [1.54, 1.807) is 26.2 Å². The predicted molar refractivity (Wildman–Crippen MR) is 104 cm³/mol. The maximum absolute atomic E-state index is 12.6. The molecule has 0 saturated carbocycles. The molecule has 0 bridgehead atoms. The number of benzene rings is 2. The zero-order chi connectivity index (χ0) is 19.2. The maximum atomic E-state index is 12.6. The lowest BCUT2D eigenvalue weighted by molar-refractivity contribution is 0.0938. The molecule has 4 nitrogen and oxygen atoms in total. The van der Waals surface area contributed by atoms with Gasteiger partial charge in [-0.15, -0.1) is 0 Å². The van der Waals surface area contributed by atoms with Gasteiger partial charge in [-0.3, -0.25) is 9.59 Å². The Kier molecular flexibility index (Phi) is 6.56. The zero-order valence-corrected chi connectivity index (χ0v) is 16.0. The molecule has 0 aliphatic carbocycles. The molecular formula is C22H27NO3. The Bertz CT molecular complexity index is 761. The van der Waals surface area contributed by atoms with Gasteiger partial charge in [0.15, 0.2) is 5.78 Å². The van der Waals surface area contributed by atoms with Gasteiger partial charge in [0.25, 0.3) is 5.91 Å². The first-order valence-corrected chi connectivity index (χ1v) is 9.00. The van der Waals surface area contributed by atoms with E-state index >= 15 is 0 Å². The summed E-state index contributed by atoms with van der Waals surface area (Å²) >= 11 is 0. The van der Waals surface area contributed by atoms with Crippen molar-refractivity contribution in [3.63, 3.8) is 0 Å². The van der Waals surface area contributed by atoms with Gasteiger partial charge in [-0.1, -0.05) is 50.2 Å². The summed E-state index contributed by atoms with van der Waals surface area (Å²) in [6.07, 6.45) is 1.77. The van der Waals surface area contributed by atoms with Crippen LogP contribution in [0, 0.1) is 0 Å². The number of hydrogen-bond acceptors (Lipinski definition) is 3. The van der Waals surface area contributed by atoms with Crippen molar-refractivity contribution >= 4 is 11.7 Å². The Labute approximate surface area is 155 Å². The van der Waals surface area contributed by atoms with E-state index in [0.29, 0.717) is 23.4 Å². The summed E-state index contributed by atoms with van der Waals surface area (Å²) in [6.45, 7) is 6.33. The first-order chi connectivity index (χ1) is 12.5. The van der Waals surface area contributed by atoms with Crippen LogP contribution in [0.2, 0.25) is 0 Å². The van der Waals surface area contributed by atoms with E-state index in [4.69, 9.17) is 4.74 Å². The Morgan fingerprint density at radius 2 is 1.62 bits per heavy atom. The molecule has 138 valence electrons. The van der Waals surface area contributed by atoms with Crippen LogP contribution in [0.25, 0.3) is 0 Å². The molecule has 4 heteroatoms. The lowest BCUT2D eigenvalue weighted by atomic mass is 9.75. The van der Waals surface area contributed by atoms with Crippen molar-refractivity contribution in [1.82, 2.24) is 5.32 Å². The second-order valence-corrected chi connectivity index (χ2v) is 6.50. The van der Waals surface area contributed by atoms with Crippen LogP contribution in [0.3, 0.4) is 0 Å². The van der Waals surface area contributed by atoms with Gasteiger partial charge in [0.2, 0.25) is 0 Å². The van der Waals surface area contributed by atoms with Gasteiger partial charge in [-0.25, -0.2) is 0 Å². The van der Waals surface area contributed by atoms with Gasteiger partial charge >= 0.3 is 0 Å². The molecule has 26 heavy (non-hydrogen) atoms. The van der Waals surface area contributed by atoms with Gasteiger partial charge < -0.3 is 10.1 Å². The van der Waals surface area contributed by atoms with Crippen LogP contribution in [-0.4, -0.2) is 25.3 Å². The fraction of sp³-hybridized carbons (Fsp3) is 0.364. The van der Waals surface area contributed by atoms with Crippen LogP contribution >= 0.6 is 0 Å². The number of Topliss-reactive ketones (excluding diaryl/α,β-unsaturated/α-hetero) is 1. The zero-order valence-electron chi connectivity index (χ0n) is 16.0. The van der Waals surface area contributed by atoms with E-state index in [-0.39, 0.29) is 17.1 Å². The molecular weight excluding hydrogens is 326 g/mol. The van der Waals surface area contributed by atoms with Gasteiger partial charge in [0.05, 0.1) is 12.7 Å². The van der Waals surface area contributed by atoms with Crippen LogP contribution in [-0.2, 0) is 5.41 Å². The van der Waals surface area contributed by atoms with Crippen molar-refractivity contribution in [2.45, 2.75) is 39.0 Å². The van der Waals surface area contributed by atoms with Crippen LogP contribution in [0.1, 0.15) is 59.9 Å². The van der Waals surface area contributed by atoms with Crippen molar-refractivity contribution in [2.75, 3.05) is 13.7 Å². The molecule has 0 spiro atoms. The molecule has 0 aromatic heterocycles. The van der Waals surface area contributed by atoms with Crippen LogP contribution in [0.5, 0.6) is 5.75 Å². The standard InChI is InChI=1S/C22H27NO3/c1-5-22(6-2,18-13-11-17(12-14-18)16(3)24)15-23-21(25)19-9-7-8-10-20(19)26-4/h7-14H,5-6,15H2,1-4H3,(H,23,25). The molecule has 0 heterocycles. The van der Waals surface area contributed by atoms with E-state index < -0.39 is 0 Å². The molecule has 2 aromatic carbocycles. The van der Waals surface area contributed by atoms with Crippen molar-refractivity contribution in [2.24, 2.45) is 0 Å². The normalized spacial score (nSPS) is 11.1. The molecule has 0 aliphatic heterocycles. The smallest absolute Gasteiger partial charge is 0.255 e. The number of amides is 1. The third kappa shape index (κ3) is 4.13. The number of carbonyl (C=O) groups excluding carboxylic acids is 2. The van der Waals surface area contributed by atoms with E-state index in [1.807, 2.05) is 36.4 Å². The lowest BCUT2D eigenvalue weighted by Gasteiger charge is -2.33. The van der Waals surface area contributed by atoms with Gasteiger partial charge in [0, 0.05) is 17.5 Å². The van der Waals surface area contributed by atoms with Gasteiger partial charge in [0.1, 0.15) is 5.75 Å². The number of nitrogens with one attached hydrogen (secondary N) is 1. The van der Waals surface area contributed by atoms with E-state index in [1.165, 1.54) is 0 Å². The minimum atomic E-state index is -0.174. The molecule has 0 fully saturated rings. The second kappa shape index (κ2) is 8.65. The monoisotopic (exact) mass is 353 g/mol. The summed E-state index contributed by atoms with van der Waals surface area (Å²) in [5.41, 5.74) is 2.19. The van der Waals surface area contributed by atoms with E-state index in [2.05, 4.69) is 19.2 Å². The number of methoxy groups -OCH3 is 1. The van der Waals surface area contributed by atoms with Crippen molar-refractivity contribution in [1.29, 1.82) is 0 Å². The summed E-state index contributed by atoms with van der Waals surface area (Å²) in [6, 6.07) is 14.9. The molecule has 0 saturated heterocycles. The van der Waals surface area contributed by atoms with Crippen molar-refractivity contribution < 1.29 is 14.3 Å². The minimum absolute atomic E-state index is 0.0552. The Hall–Kier alpha value is -2.62. The third-order valence-electron chi connectivity index (χ3n) is 5.20. The molecule has 0 aliphatic rings. The summed E-state index contributed by atoms with van der Waals surface area (Å²) in [7, 11) is 1.56. The molecule has 0 radical (unpaired) electrons. The minimum Gasteiger partial charge on any atom is -0.496 e. The predicted octanol–water partition coefficient (Wildman–Crippen LogP) is 4.39. The quantitative estimate of drug-likeness (QED) is 0.716. The van der Waals surface area contributed by atoms with Crippen LogP contribution in [0.15, 0.2) is 48.5 Å². The van der Waals surface area contributed by atoms with Crippen molar-refractivity contribution in [3.05, 3.63) is 65.2 Å². The highest BCUT2D eigenvalue weighted by Crippen LogP contribution is 2.31. The molecule has 2 aromatic rings. The van der Waals surface area contributed by atoms with Crippen LogP contribution < -0.4 is 10.1 Å². The molecule has 0 unspecified atom stereocenters. The van der Waals surface area contributed by atoms with Crippen LogP contribution in [0.4, 0.5) is 0 Å². The second-order valence-electron chi connectivity index (χ2n) is 6.50. The van der Waals surface area contributed by atoms with Crippen molar-refractivity contribution in [3.8, 4) is 5.75 Å². The van der Waals surface area contributed by atoms with E-state index in [9.17, 15) is 9.59 Å². The fourth-order valence-electron chi connectivity index (χ4n) is 3.25. The number of para-hydroxylation sites is 1. The van der Waals surface area contributed by atoms with Gasteiger partial charge in [-0.2, -0.15) is 0 Å². The van der Waals surface area contributed by atoms with E-state index in [0.717, 1.165) is 18.4 Å². The number of hydrogen-bond donors (Lipinski definition) is 1. The SMILES string of the molecule is CCC(CC)(CNC(=O)c1ccccc1OC)c1ccc(C(C)=O)cc1. The highest BCUT2D eigenvalue weighted by molar-refractivity contribution is 5.97. The summed E-state index contributed by atoms with van der Waals surface area (Å²) in [5, 5.41) is 3.07. The first-order valence-electron chi connectivity index (χ1n) is 9.00. The fourth-order valence-corrected chi connectivity index (χ4v) is 3.25. The lowest BCUT2D eigenvalue weighted by Crippen LogP contribution is -2.40. The average Bonchev–Trinajstić information content (AvgIpc) is 2.69. The summed E-state index contributed by atoms with van der Waals surface area (Å²) in [5.74, 6) is 0.475. The molecule has 1 amide bonds. The summed E-state index contributed by atoms with van der Waals surface area (Å²) in [4.78, 5) is 24.2. The maximum Gasteiger partial charge on any atom is 0.255 e. The average molecular weight is 353 g/mol. The Morgan fingerprint density at radius 3 is 2.15 bits per heavy atom. The third-order valence-corrected chi connectivity index (χ3v) is 5.20. The molecule has 0 atom stereocenters. The number of ketones is 1. The Balaban J connectivity index is 2.21. The topological polar surface area (TPSA) is 55.4 Å². The summed E-state index contributed by atoms with van der Waals surface area (Å²) < 4.78 is 5.28. The number of rotatable bonds is 8. The van der Waals surface area contributed by atoms with Gasteiger partial charge in [-0.05, 0) is 37.5 Å². The highest BCUT2D eigenvalue weighted by atomic mass is 16.5. The largest absolute Gasteiger partial charge is 0.496 e. The Morgan fingerprint density at radius 1 is 1.00 bits per heavy atom.